The minimum absolute atomic E-state index is 0.0477. The Balaban J connectivity index is 1.78. The van der Waals surface area contributed by atoms with Crippen molar-refractivity contribution >= 4 is 28.6 Å². The Kier molecular flexibility index (Phi) is 5.12. The second kappa shape index (κ2) is 7.47. The number of alkyl halides is 1. The van der Waals surface area contributed by atoms with Gasteiger partial charge in [-0.1, -0.05) is 17.3 Å². The maximum atomic E-state index is 11.0. The molecule has 8 nitrogen and oxygen atoms in total. The maximum Gasteiger partial charge on any atom is 0.362 e. The van der Waals surface area contributed by atoms with Crippen LogP contribution in [0.3, 0.4) is 0 Å². The minimum Gasteiger partial charge on any atom is -0.480 e. The van der Waals surface area contributed by atoms with E-state index in [1.807, 2.05) is 31.2 Å². The Hall–Kier alpha value is -2.69. The Morgan fingerprint density at radius 3 is 2.80 bits per heavy atom. The molecule has 0 saturated carbocycles. The number of nitrogens with one attached hydrogen (secondary N) is 1. The number of carboxylic acids is 1. The van der Waals surface area contributed by atoms with Gasteiger partial charge in [0.25, 0.3) is 5.88 Å². The lowest BCUT2D eigenvalue weighted by atomic mass is 10.1. The average Bonchev–Trinajstić information content (AvgIpc) is 3.03. The van der Waals surface area contributed by atoms with Crippen LogP contribution in [0.2, 0.25) is 0 Å². The lowest BCUT2D eigenvalue weighted by Gasteiger charge is -2.10. The molecule has 1 aromatic carbocycles. The van der Waals surface area contributed by atoms with Gasteiger partial charge >= 0.3 is 5.97 Å². The summed E-state index contributed by atoms with van der Waals surface area (Å²) in [6.07, 6.45) is 1.50. The Labute approximate surface area is 156 Å². The molecule has 2 N–H and O–H groups in total. The molecule has 0 radical (unpaired) electrons. The number of H-pyrrole nitrogens is 1. The fourth-order valence-electron chi connectivity index (χ4n) is 2.08. The minimum atomic E-state index is -1.23. The van der Waals surface area contributed by atoms with E-state index < -0.39 is 5.97 Å². The lowest BCUT2D eigenvalue weighted by Crippen LogP contribution is -2.01. The van der Waals surface area contributed by atoms with Gasteiger partial charge in [0.1, 0.15) is 15.6 Å². The highest BCUT2D eigenvalue weighted by Crippen LogP contribution is 2.26. The lowest BCUT2D eigenvalue weighted by molar-refractivity contribution is 0.0687. The first-order valence-corrected chi connectivity index (χ1v) is 8.47. The molecule has 1 atom stereocenters. The first kappa shape index (κ1) is 17.1. The van der Waals surface area contributed by atoms with Gasteiger partial charge in [-0.2, -0.15) is 0 Å². The monoisotopic (exact) mass is 452 g/mol. The second-order valence-electron chi connectivity index (χ2n) is 4.96. The van der Waals surface area contributed by atoms with Crippen LogP contribution in [0.25, 0.3) is 11.3 Å². The van der Waals surface area contributed by atoms with Gasteiger partial charge in [0, 0.05) is 5.56 Å². The number of rotatable bonds is 6. The van der Waals surface area contributed by atoms with Gasteiger partial charge < -0.3 is 14.6 Å². The van der Waals surface area contributed by atoms with E-state index in [4.69, 9.17) is 14.6 Å². The van der Waals surface area contributed by atoms with Crippen molar-refractivity contribution in [3.8, 4) is 28.6 Å². The van der Waals surface area contributed by atoms with Crippen LogP contribution >= 0.6 is 22.6 Å². The molecule has 1 unspecified atom stereocenters. The van der Waals surface area contributed by atoms with Crippen molar-refractivity contribution in [3.05, 3.63) is 48.3 Å². The molecule has 0 bridgehead atoms. The van der Waals surface area contributed by atoms with Crippen LogP contribution in [0, 0.1) is 0 Å². The Morgan fingerprint density at radius 1 is 1.28 bits per heavy atom. The van der Waals surface area contributed by atoms with Crippen LogP contribution in [0.5, 0.6) is 17.4 Å². The first-order valence-electron chi connectivity index (χ1n) is 7.22. The number of aromatic amines is 1. The third kappa shape index (κ3) is 4.24. The van der Waals surface area contributed by atoms with Gasteiger partial charge in [0.2, 0.25) is 5.69 Å². The fourth-order valence-corrected chi connectivity index (χ4v) is 2.37. The SMILES string of the molecule is CC(I)Oc1cccc(-c2ccc(Oc3[nH]nnc3C(=O)O)cn2)c1. The number of carbonyl (C=O) groups is 1. The summed E-state index contributed by atoms with van der Waals surface area (Å²) in [6.45, 7) is 1.95. The zero-order valence-corrected chi connectivity index (χ0v) is 15.2. The number of halogens is 1. The van der Waals surface area contributed by atoms with Crippen molar-refractivity contribution < 1.29 is 19.4 Å². The van der Waals surface area contributed by atoms with E-state index in [0.29, 0.717) is 5.75 Å². The molecule has 128 valence electrons. The Bertz CT molecular complexity index is 880. The summed E-state index contributed by atoms with van der Waals surface area (Å²) < 4.78 is 11.2. The number of pyridine rings is 1. The van der Waals surface area contributed by atoms with E-state index in [2.05, 4.69) is 43.0 Å². The van der Waals surface area contributed by atoms with Crippen LogP contribution in [0.15, 0.2) is 42.6 Å². The molecule has 0 fully saturated rings. The van der Waals surface area contributed by atoms with Gasteiger partial charge in [0.15, 0.2) is 0 Å². The predicted octanol–water partition coefficient (Wildman–Crippen LogP) is 3.52. The van der Waals surface area contributed by atoms with Gasteiger partial charge in [-0.15, -0.1) is 5.10 Å². The number of hydrogen-bond donors (Lipinski definition) is 2. The molecule has 0 spiro atoms. The van der Waals surface area contributed by atoms with Crippen molar-refractivity contribution in [3.63, 3.8) is 0 Å². The van der Waals surface area contributed by atoms with Crippen LogP contribution in [-0.2, 0) is 0 Å². The van der Waals surface area contributed by atoms with E-state index in [1.54, 1.807) is 12.1 Å². The highest BCUT2D eigenvalue weighted by atomic mass is 127. The summed E-state index contributed by atoms with van der Waals surface area (Å²) in [5.41, 5.74) is 1.34. The molecule has 2 aromatic heterocycles. The molecule has 3 aromatic rings. The zero-order valence-electron chi connectivity index (χ0n) is 13.0. The van der Waals surface area contributed by atoms with Crippen molar-refractivity contribution in [2.24, 2.45) is 0 Å². The average molecular weight is 452 g/mol. The number of aromatic nitrogens is 4. The summed E-state index contributed by atoms with van der Waals surface area (Å²) in [5.74, 6) is -0.148. The molecule has 9 heteroatoms. The molecule has 3 rings (SSSR count). The second-order valence-corrected chi connectivity index (χ2v) is 6.72. The molecule has 25 heavy (non-hydrogen) atoms. The summed E-state index contributed by atoms with van der Waals surface area (Å²) >= 11 is 2.18. The molecule has 0 aliphatic heterocycles. The van der Waals surface area contributed by atoms with E-state index in [9.17, 15) is 4.79 Å². The number of hydrogen-bond acceptors (Lipinski definition) is 6. The van der Waals surface area contributed by atoms with E-state index in [0.717, 1.165) is 17.0 Å². The molecule has 0 amide bonds. The summed E-state index contributed by atoms with van der Waals surface area (Å²) in [5, 5.41) is 18.2. The van der Waals surface area contributed by atoms with E-state index in [-0.39, 0.29) is 15.7 Å². The number of benzene rings is 1. The van der Waals surface area contributed by atoms with Crippen LogP contribution in [0.1, 0.15) is 17.4 Å². The molecule has 2 heterocycles. The quantitative estimate of drug-likeness (QED) is 0.435. The van der Waals surface area contributed by atoms with Crippen LogP contribution in [0.4, 0.5) is 0 Å². The molecular formula is C16H13IN4O4. The van der Waals surface area contributed by atoms with Crippen LogP contribution in [-0.4, -0.2) is 35.6 Å². The van der Waals surface area contributed by atoms with Gasteiger partial charge in [-0.05, 0) is 53.8 Å². The van der Waals surface area contributed by atoms with Crippen molar-refractivity contribution in [2.75, 3.05) is 0 Å². The van der Waals surface area contributed by atoms with Crippen molar-refractivity contribution in [1.29, 1.82) is 0 Å². The summed E-state index contributed by atoms with van der Waals surface area (Å²) in [7, 11) is 0. The van der Waals surface area contributed by atoms with E-state index in [1.165, 1.54) is 6.20 Å². The summed E-state index contributed by atoms with van der Waals surface area (Å²) in [4.78, 5) is 15.3. The Morgan fingerprint density at radius 2 is 2.12 bits per heavy atom. The largest absolute Gasteiger partial charge is 0.480 e. The van der Waals surface area contributed by atoms with Gasteiger partial charge in [-0.25, -0.2) is 9.89 Å². The standard InChI is InChI=1S/C16H13IN4O4/c1-9(17)24-11-4-2-3-10(7-11)13-6-5-12(8-18-13)25-15-14(16(22)23)19-21-20-15/h2-9H,1H3,(H,22,23)(H,19,20,21). The highest BCUT2D eigenvalue weighted by molar-refractivity contribution is 14.1. The smallest absolute Gasteiger partial charge is 0.362 e. The molecule has 0 aliphatic rings. The highest BCUT2D eigenvalue weighted by Gasteiger charge is 2.17. The summed E-state index contributed by atoms with van der Waals surface area (Å²) in [6, 6.07) is 11.1. The third-order valence-corrected chi connectivity index (χ3v) is 3.36. The van der Waals surface area contributed by atoms with Crippen molar-refractivity contribution in [2.45, 2.75) is 11.0 Å². The number of aromatic carboxylic acids is 1. The zero-order chi connectivity index (χ0) is 17.8. The number of carboxylic acid groups (broad SMARTS) is 1. The van der Waals surface area contributed by atoms with Gasteiger partial charge in [0.05, 0.1) is 11.9 Å². The topological polar surface area (TPSA) is 110 Å². The number of ether oxygens (including phenoxy) is 2. The maximum absolute atomic E-state index is 11.0. The first-order chi connectivity index (χ1) is 12.0. The molecule has 0 aliphatic carbocycles. The van der Waals surface area contributed by atoms with Crippen molar-refractivity contribution in [1.82, 2.24) is 20.4 Å². The molecule has 0 saturated heterocycles. The van der Waals surface area contributed by atoms with E-state index >= 15 is 0 Å². The molecular weight excluding hydrogens is 439 g/mol. The third-order valence-electron chi connectivity index (χ3n) is 3.10. The number of nitrogens with zero attached hydrogens (tertiary/aromatic N) is 3. The predicted molar refractivity (Wildman–Crippen MR) is 97.2 cm³/mol. The fraction of sp³-hybridized carbons (Fsp3) is 0.125. The van der Waals surface area contributed by atoms with Gasteiger partial charge in [-0.3, -0.25) is 4.98 Å². The van der Waals surface area contributed by atoms with Crippen LogP contribution < -0.4 is 9.47 Å². The normalized spacial score (nSPS) is 11.8.